The molecule has 32 heavy (non-hydrogen) atoms. The van der Waals surface area contributed by atoms with Crippen molar-refractivity contribution in [2.45, 2.75) is 33.6 Å². The summed E-state index contributed by atoms with van der Waals surface area (Å²) in [6.07, 6.45) is 5.66. The number of nitriles is 1. The predicted molar refractivity (Wildman–Crippen MR) is 131 cm³/mol. The van der Waals surface area contributed by atoms with Crippen LogP contribution < -0.4 is 0 Å². The van der Waals surface area contributed by atoms with Crippen LogP contribution in [0.2, 0.25) is 10.0 Å². The Hall–Kier alpha value is -1.69. The van der Waals surface area contributed by atoms with Crippen molar-refractivity contribution in [1.82, 2.24) is 9.80 Å². The highest BCUT2D eigenvalue weighted by Crippen LogP contribution is 2.38. The molecule has 1 heterocycles. The first-order valence-corrected chi connectivity index (χ1v) is 13.4. The quantitative estimate of drug-likeness (QED) is 0.502. The van der Waals surface area contributed by atoms with Gasteiger partial charge in [0, 0.05) is 33.9 Å². The number of piperidine rings is 1. The van der Waals surface area contributed by atoms with Gasteiger partial charge in [-0.15, -0.1) is 0 Å². The van der Waals surface area contributed by atoms with Gasteiger partial charge in [-0.1, -0.05) is 41.0 Å². The summed E-state index contributed by atoms with van der Waals surface area (Å²) in [5.41, 5.74) is 0.292. The Kier molecular flexibility index (Phi) is 8.54. The minimum Gasteiger partial charge on any atom is -0.378 e. The molecule has 1 aliphatic rings. The Morgan fingerprint density at radius 1 is 1.16 bits per heavy atom. The maximum atomic E-state index is 13.2. The largest absolute Gasteiger partial charge is 0.378 e. The van der Waals surface area contributed by atoms with Crippen LogP contribution in [0.5, 0.6) is 0 Å². The molecule has 0 radical (unpaired) electrons. The van der Waals surface area contributed by atoms with E-state index >= 15 is 0 Å². The van der Waals surface area contributed by atoms with E-state index in [2.05, 4.69) is 23.9 Å². The number of sulfone groups is 1. The Balaban J connectivity index is 1.79. The molecule has 5 nitrogen and oxygen atoms in total. The van der Waals surface area contributed by atoms with Gasteiger partial charge in [-0.05, 0) is 69.5 Å². The van der Waals surface area contributed by atoms with Gasteiger partial charge >= 0.3 is 0 Å². The van der Waals surface area contributed by atoms with E-state index in [0.717, 1.165) is 25.9 Å². The zero-order valence-corrected chi connectivity index (χ0v) is 21.1. The van der Waals surface area contributed by atoms with E-state index in [-0.39, 0.29) is 10.6 Å². The number of benzene rings is 2. The molecule has 170 valence electrons. The lowest BCUT2D eigenvalue weighted by Crippen LogP contribution is -2.39. The fourth-order valence-corrected chi connectivity index (χ4v) is 6.60. The third-order valence-electron chi connectivity index (χ3n) is 5.38. The molecule has 3 rings (SSSR count). The highest BCUT2D eigenvalue weighted by molar-refractivity contribution is 8.00. The van der Waals surface area contributed by atoms with E-state index in [0.29, 0.717) is 31.4 Å². The summed E-state index contributed by atoms with van der Waals surface area (Å²) in [5, 5.41) is 10.3. The molecule has 0 bridgehead atoms. The second-order valence-corrected chi connectivity index (χ2v) is 11.8. The lowest BCUT2D eigenvalue weighted by molar-refractivity contribution is 0.179. The Morgan fingerprint density at radius 2 is 1.88 bits per heavy atom. The monoisotopic (exact) mass is 509 g/mol. The van der Waals surface area contributed by atoms with Gasteiger partial charge in [0.05, 0.1) is 27.3 Å². The Labute approximate surface area is 204 Å². The maximum absolute atomic E-state index is 13.2. The molecule has 0 saturated carbocycles. The summed E-state index contributed by atoms with van der Waals surface area (Å²) in [5.74, 6) is -0.146. The molecule has 0 N–H and O–H groups in total. The van der Waals surface area contributed by atoms with Crippen molar-refractivity contribution in [2.75, 3.05) is 32.9 Å². The molecule has 1 saturated heterocycles. The lowest BCUT2D eigenvalue weighted by atomic mass is 10.0. The maximum Gasteiger partial charge on any atom is 0.183 e. The molecule has 0 unspecified atom stereocenters. The first-order valence-electron chi connectivity index (χ1n) is 10.2. The van der Waals surface area contributed by atoms with E-state index in [9.17, 15) is 13.7 Å². The highest BCUT2D eigenvalue weighted by atomic mass is 35.5. The van der Waals surface area contributed by atoms with Crippen LogP contribution in [0.25, 0.3) is 0 Å². The summed E-state index contributed by atoms with van der Waals surface area (Å²) in [4.78, 5) is 5.67. The molecule has 0 aliphatic carbocycles. The predicted octanol–water partition coefficient (Wildman–Crippen LogP) is 5.33. The average Bonchev–Trinajstić information content (AvgIpc) is 2.76. The van der Waals surface area contributed by atoms with Crippen molar-refractivity contribution in [2.24, 2.45) is 0 Å². The molecule has 1 aliphatic heterocycles. The van der Waals surface area contributed by atoms with Gasteiger partial charge in [0.2, 0.25) is 0 Å². The van der Waals surface area contributed by atoms with Crippen LogP contribution in [0, 0.1) is 11.3 Å². The number of halogens is 2. The number of hydrogen-bond donors (Lipinski definition) is 0. The van der Waals surface area contributed by atoms with Gasteiger partial charge in [-0.2, -0.15) is 5.26 Å². The first kappa shape index (κ1) is 24.9. The molecule has 2 aromatic rings. The van der Waals surface area contributed by atoms with Crippen molar-refractivity contribution >= 4 is 44.8 Å². The standard InChI is InChI=1S/C23H25Cl2N3O2S2/c1-27(2)19-8-11-28(12-9-19)10-3-13-32(29,30)23-14-17(16-26)4-7-21(23)31-22-15-18(24)5-6-20(22)25/h3-7,10,14-15,19H,8-9,11-13H2,1-2H3. The van der Waals surface area contributed by atoms with Crippen molar-refractivity contribution in [1.29, 1.82) is 5.26 Å². The van der Waals surface area contributed by atoms with Crippen LogP contribution >= 0.6 is 35.0 Å². The Morgan fingerprint density at radius 3 is 2.53 bits per heavy atom. The van der Waals surface area contributed by atoms with Crippen LogP contribution in [0.4, 0.5) is 0 Å². The fourth-order valence-electron chi connectivity index (χ4n) is 3.54. The number of nitrogens with zero attached hydrogens (tertiary/aromatic N) is 3. The molecular weight excluding hydrogens is 485 g/mol. The third-order valence-corrected chi connectivity index (χ3v) is 8.96. The molecule has 2 aromatic carbocycles. The average molecular weight is 511 g/mol. The number of rotatable bonds is 7. The van der Waals surface area contributed by atoms with Crippen LogP contribution in [-0.4, -0.2) is 57.2 Å². The van der Waals surface area contributed by atoms with Crippen LogP contribution in [-0.2, 0) is 9.84 Å². The van der Waals surface area contributed by atoms with Crippen LogP contribution in [0.1, 0.15) is 18.4 Å². The number of hydrogen-bond acceptors (Lipinski definition) is 6. The lowest BCUT2D eigenvalue weighted by Gasteiger charge is -2.34. The van der Waals surface area contributed by atoms with Gasteiger partial charge in [0.15, 0.2) is 9.84 Å². The minimum absolute atomic E-state index is 0.119. The molecule has 1 fully saturated rings. The summed E-state index contributed by atoms with van der Waals surface area (Å²) in [6.45, 7) is 1.80. The molecular formula is C23H25Cl2N3O2S2. The second-order valence-electron chi connectivity index (χ2n) is 7.85. The number of likely N-dealkylation sites (tertiary alicyclic amines) is 1. The van der Waals surface area contributed by atoms with E-state index in [1.807, 2.05) is 12.3 Å². The second kappa shape index (κ2) is 11.0. The summed E-state index contributed by atoms with van der Waals surface area (Å²) in [6, 6.07) is 12.3. The molecule has 0 atom stereocenters. The fraction of sp³-hybridized carbons (Fsp3) is 0.348. The SMILES string of the molecule is CN(C)C1CCN(C=CCS(=O)(=O)c2cc(C#N)ccc2Sc2cc(Cl)ccc2Cl)CC1. The van der Waals surface area contributed by atoms with E-state index in [1.54, 1.807) is 36.4 Å². The topological polar surface area (TPSA) is 64.4 Å². The van der Waals surface area contributed by atoms with Crippen molar-refractivity contribution in [3.8, 4) is 6.07 Å². The van der Waals surface area contributed by atoms with E-state index < -0.39 is 9.84 Å². The molecule has 0 spiro atoms. The Bertz CT molecular complexity index is 1140. The third kappa shape index (κ3) is 6.43. The van der Waals surface area contributed by atoms with Crippen molar-refractivity contribution in [3.05, 3.63) is 64.3 Å². The van der Waals surface area contributed by atoms with Gasteiger partial charge in [-0.25, -0.2) is 8.42 Å². The van der Waals surface area contributed by atoms with Crippen LogP contribution in [0.15, 0.2) is 63.4 Å². The molecule has 0 amide bonds. The summed E-state index contributed by atoms with van der Waals surface area (Å²) < 4.78 is 26.4. The summed E-state index contributed by atoms with van der Waals surface area (Å²) >= 11 is 13.6. The minimum atomic E-state index is -3.66. The van der Waals surface area contributed by atoms with E-state index in [4.69, 9.17) is 23.2 Å². The van der Waals surface area contributed by atoms with E-state index in [1.165, 1.54) is 17.8 Å². The van der Waals surface area contributed by atoms with Gasteiger partial charge in [0.1, 0.15) is 0 Å². The van der Waals surface area contributed by atoms with Gasteiger partial charge < -0.3 is 9.80 Å². The van der Waals surface area contributed by atoms with Gasteiger partial charge in [0.25, 0.3) is 0 Å². The summed E-state index contributed by atoms with van der Waals surface area (Å²) in [7, 11) is 0.514. The van der Waals surface area contributed by atoms with Crippen molar-refractivity contribution in [3.63, 3.8) is 0 Å². The normalized spacial score (nSPS) is 15.4. The zero-order chi connectivity index (χ0) is 23.3. The van der Waals surface area contributed by atoms with Crippen LogP contribution in [0.3, 0.4) is 0 Å². The zero-order valence-electron chi connectivity index (χ0n) is 18.0. The van der Waals surface area contributed by atoms with Gasteiger partial charge in [-0.3, -0.25) is 0 Å². The highest BCUT2D eigenvalue weighted by Gasteiger charge is 2.21. The molecule has 0 aromatic heterocycles. The first-order chi connectivity index (χ1) is 15.2. The molecule has 9 heteroatoms. The van der Waals surface area contributed by atoms with Crippen molar-refractivity contribution < 1.29 is 8.42 Å². The smallest absolute Gasteiger partial charge is 0.183 e.